The summed E-state index contributed by atoms with van der Waals surface area (Å²) in [6.45, 7) is 3.91. The molecule has 3 heteroatoms. The van der Waals surface area contributed by atoms with E-state index in [4.69, 9.17) is 4.74 Å². The van der Waals surface area contributed by atoms with Crippen LogP contribution in [0.15, 0.2) is 42.5 Å². The minimum atomic E-state index is -0.940. The standard InChI is InChI=1S/C18H18O3/c1-12-7-8-16(13(2)9-12)17(18(19)20)11-14-5-4-6-15(10-14)21-3/h4-11H,1-3H3,(H,19,20)/b17-11-. The van der Waals surface area contributed by atoms with Crippen LogP contribution in [0.1, 0.15) is 22.3 Å². The Morgan fingerprint density at radius 3 is 2.52 bits per heavy atom. The van der Waals surface area contributed by atoms with Gasteiger partial charge in [-0.2, -0.15) is 0 Å². The van der Waals surface area contributed by atoms with E-state index < -0.39 is 5.97 Å². The average molecular weight is 282 g/mol. The fourth-order valence-corrected chi connectivity index (χ4v) is 2.27. The molecular weight excluding hydrogens is 264 g/mol. The van der Waals surface area contributed by atoms with Crippen molar-refractivity contribution in [2.45, 2.75) is 13.8 Å². The summed E-state index contributed by atoms with van der Waals surface area (Å²) in [5.74, 6) is -0.237. The third-order valence-corrected chi connectivity index (χ3v) is 3.31. The SMILES string of the molecule is COc1cccc(/C=C(\C(=O)O)c2ccc(C)cc2C)c1. The van der Waals surface area contributed by atoms with Crippen molar-refractivity contribution in [3.05, 3.63) is 64.7 Å². The molecule has 2 rings (SSSR count). The summed E-state index contributed by atoms with van der Waals surface area (Å²) in [5.41, 5.74) is 3.87. The van der Waals surface area contributed by atoms with Crippen molar-refractivity contribution < 1.29 is 14.6 Å². The molecular formula is C18H18O3. The topological polar surface area (TPSA) is 46.5 Å². The van der Waals surface area contributed by atoms with E-state index in [0.29, 0.717) is 5.75 Å². The molecule has 0 bridgehead atoms. The molecule has 0 aliphatic rings. The van der Waals surface area contributed by atoms with Gasteiger partial charge in [-0.15, -0.1) is 0 Å². The van der Waals surface area contributed by atoms with E-state index in [-0.39, 0.29) is 5.57 Å². The van der Waals surface area contributed by atoms with Crippen LogP contribution in [0, 0.1) is 13.8 Å². The number of carbonyl (C=O) groups is 1. The Labute approximate surface area is 124 Å². The van der Waals surface area contributed by atoms with Gasteiger partial charge in [-0.05, 0) is 48.7 Å². The highest BCUT2D eigenvalue weighted by atomic mass is 16.5. The number of rotatable bonds is 4. The Bertz CT molecular complexity index is 699. The van der Waals surface area contributed by atoms with Gasteiger partial charge in [0.25, 0.3) is 0 Å². The Balaban J connectivity index is 2.52. The summed E-state index contributed by atoms with van der Waals surface area (Å²) in [6.07, 6.45) is 1.67. The second-order valence-corrected chi connectivity index (χ2v) is 4.96. The van der Waals surface area contributed by atoms with Gasteiger partial charge >= 0.3 is 5.97 Å². The van der Waals surface area contributed by atoms with Gasteiger partial charge in [0.2, 0.25) is 0 Å². The van der Waals surface area contributed by atoms with Gasteiger partial charge in [0.05, 0.1) is 12.7 Å². The Morgan fingerprint density at radius 1 is 1.14 bits per heavy atom. The number of carboxylic acids is 1. The third-order valence-electron chi connectivity index (χ3n) is 3.31. The molecule has 0 aliphatic carbocycles. The maximum atomic E-state index is 11.6. The van der Waals surface area contributed by atoms with Crippen molar-refractivity contribution >= 4 is 17.6 Å². The third kappa shape index (κ3) is 3.51. The molecule has 0 radical (unpaired) electrons. The van der Waals surface area contributed by atoms with Gasteiger partial charge in [0, 0.05) is 0 Å². The van der Waals surface area contributed by atoms with Gasteiger partial charge < -0.3 is 9.84 Å². The fraction of sp³-hybridized carbons (Fsp3) is 0.167. The molecule has 2 aromatic rings. The van der Waals surface area contributed by atoms with Crippen molar-refractivity contribution in [1.82, 2.24) is 0 Å². The molecule has 0 saturated carbocycles. The molecule has 0 spiro atoms. The zero-order valence-corrected chi connectivity index (χ0v) is 12.4. The van der Waals surface area contributed by atoms with Crippen LogP contribution in [0.25, 0.3) is 11.6 Å². The van der Waals surface area contributed by atoms with Crippen LogP contribution in [0.4, 0.5) is 0 Å². The van der Waals surface area contributed by atoms with Crippen LogP contribution in [0.3, 0.4) is 0 Å². The second kappa shape index (κ2) is 6.27. The summed E-state index contributed by atoms with van der Waals surface area (Å²) in [6, 6.07) is 13.1. The first-order chi connectivity index (χ1) is 10.0. The summed E-state index contributed by atoms with van der Waals surface area (Å²) < 4.78 is 5.17. The Morgan fingerprint density at radius 2 is 1.90 bits per heavy atom. The normalized spacial score (nSPS) is 11.3. The lowest BCUT2D eigenvalue weighted by Gasteiger charge is -2.08. The molecule has 21 heavy (non-hydrogen) atoms. The van der Waals surface area contributed by atoms with E-state index >= 15 is 0 Å². The predicted molar refractivity (Wildman–Crippen MR) is 84.4 cm³/mol. The monoisotopic (exact) mass is 282 g/mol. The van der Waals surface area contributed by atoms with Gasteiger partial charge in [0.15, 0.2) is 0 Å². The van der Waals surface area contributed by atoms with Crippen LogP contribution >= 0.6 is 0 Å². The number of methoxy groups -OCH3 is 1. The molecule has 0 aliphatic heterocycles. The van der Waals surface area contributed by atoms with Gasteiger partial charge in [-0.25, -0.2) is 4.79 Å². The molecule has 2 aromatic carbocycles. The summed E-state index contributed by atoms with van der Waals surface area (Å²) in [4.78, 5) is 11.6. The van der Waals surface area contributed by atoms with Crippen LogP contribution in [-0.4, -0.2) is 18.2 Å². The molecule has 0 aromatic heterocycles. The van der Waals surface area contributed by atoms with Crippen LogP contribution < -0.4 is 4.74 Å². The molecule has 0 fully saturated rings. The number of aryl methyl sites for hydroxylation is 2. The molecule has 0 amide bonds. The number of hydrogen-bond acceptors (Lipinski definition) is 2. The lowest BCUT2D eigenvalue weighted by molar-refractivity contribution is -0.130. The van der Waals surface area contributed by atoms with Gasteiger partial charge in [0.1, 0.15) is 5.75 Å². The molecule has 0 saturated heterocycles. The van der Waals surface area contributed by atoms with Crippen molar-refractivity contribution in [2.24, 2.45) is 0 Å². The second-order valence-electron chi connectivity index (χ2n) is 4.96. The molecule has 108 valence electrons. The minimum absolute atomic E-state index is 0.278. The van der Waals surface area contributed by atoms with Crippen molar-refractivity contribution in [3.8, 4) is 5.75 Å². The number of ether oxygens (including phenoxy) is 1. The number of carboxylic acid groups (broad SMARTS) is 1. The summed E-state index contributed by atoms with van der Waals surface area (Å²) in [5, 5.41) is 9.51. The average Bonchev–Trinajstić information content (AvgIpc) is 2.45. The largest absolute Gasteiger partial charge is 0.497 e. The van der Waals surface area contributed by atoms with Crippen LogP contribution in [-0.2, 0) is 4.79 Å². The zero-order valence-electron chi connectivity index (χ0n) is 12.4. The van der Waals surface area contributed by atoms with E-state index in [9.17, 15) is 9.90 Å². The smallest absolute Gasteiger partial charge is 0.336 e. The Hall–Kier alpha value is -2.55. The first-order valence-corrected chi connectivity index (χ1v) is 6.68. The predicted octanol–water partition coefficient (Wildman–Crippen LogP) is 3.94. The van der Waals surface area contributed by atoms with Crippen molar-refractivity contribution in [1.29, 1.82) is 0 Å². The molecule has 0 unspecified atom stereocenters. The molecule has 0 heterocycles. The summed E-state index contributed by atoms with van der Waals surface area (Å²) >= 11 is 0. The van der Waals surface area contributed by atoms with E-state index in [1.165, 1.54) is 0 Å². The number of aliphatic carboxylic acids is 1. The first kappa shape index (κ1) is 14.9. The number of benzene rings is 2. The Kier molecular flexibility index (Phi) is 4.43. The highest BCUT2D eigenvalue weighted by Crippen LogP contribution is 2.24. The van der Waals surface area contributed by atoms with Crippen molar-refractivity contribution in [2.75, 3.05) is 7.11 Å². The van der Waals surface area contributed by atoms with Gasteiger partial charge in [-0.3, -0.25) is 0 Å². The summed E-state index contributed by atoms with van der Waals surface area (Å²) in [7, 11) is 1.59. The lowest BCUT2D eigenvalue weighted by Crippen LogP contribution is -2.02. The van der Waals surface area contributed by atoms with E-state index in [1.54, 1.807) is 13.2 Å². The molecule has 0 atom stereocenters. The van der Waals surface area contributed by atoms with Crippen LogP contribution in [0.5, 0.6) is 5.75 Å². The van der Waals surface area contributed by atoms with Gasteiger partial charge in [-0.1, -0.05) is 35.9 Å². The maximum Gasteiger partial charge on any atom is 0.336 e. The molecule has 3 nitrogen and oxygen atoms in total. The minimum Gasteiger partial charge on any atom is -0.497 e. The lowest BCUT2D eigenvalue weighted by atomic mass is 9.97. The van der Waals surface area contributed by atoms with E-state index in [1.807, 2.05) is 56.3 Å². The first-order valence-electron chi connectivity index (χ1n) is 6.68. The molecule has 1 N–H and O–H groups in total. The highest BCUT2D eigenvalue weighted by Gasteiger charge is 2.13. The van der Waals surface area contributed by atoms with Crippen LogP contribution in [0.2, 0.25) is 0 Å². The van der Waals surface area contributed by atoms with E-state index in [2.05, 4.69) is 0 Å². The fourth-order valence-electron chi connectivity index (χ4n) is 2.27. The highest BCUT2D eigenvalue weighted by molar-refractivity contribution is 6.21. The zero-order chi connectivity index (χ0) is 15.4. The quantitative estimate of drug-likeness (QED) is 0.682. The number of hydrogen-bond donors (Lipinski definition) is 1. The maximum absolute atomic E-state index is 11.6. The van der Waals surface area contributed by atoms with Crippen molar-refractivity contribution in [3.63, 3.8) is 0 Å². The van der Waals surface area contributed by atoms with E-state index in [0.717, 1.165) is 22.3 Å².